The minimum atomic E-state index is -0.116. The van der Waals surface area contributed by atoms with Crippen LogP contribution in [-0.2, 0) is 4.79 Å². The van der Waals surface area contributed by atoms with E-state index < -0.39 is 0 Å². The number of halogens is 1. The van der Waals surface area contributed by atoms with Crippen molar-refractivity contribution in [2.45, 2.75) is 72.6 Å². The monoisotopic (exact) mass is 272 g/mol. The van der Waals surface area contributed by atoms with E-state index in [-0.39, 0.29) is 11.2 Å². The van der Waals surface area contributed by atoms with Gasteiger partial charge < -0.3 is 0 Å². The molecule has 2 heteroatoms. The summed E-state index contributed by atoms with van der Waals surface area (Å²) in [4.78, 5) is 11.1. The molecular formula is C16H29ClO. The van der Waals surface area contributed by atoms with Crippen molar-refractivity contribution >= 4 is 16.8 Å². The van der Waals surface area contributed by atoms with Gasteiger partial charge in [0.25, 0.3) is 0 Å². The highest BCUT2D eigenvalue weighted by Crippen LogP contribution is 2.35. The molecule has 0 aliphatic heterocycles. The average Bonchev–Trinajstić information content (AvgIpc) is 2.24. The van der Waals surface area contributed by atoms with Gasteiger partial charge >= 0.3 is 0 Å². The smallest absolute Gasteiger partial charge is 0.224 e. The summed E-state index contributed by atoms with van der Waals surface area (Å²) in [6, 6.07) is 0. The number of hydrogen-bond acceptors (Lipinski definition) is 1. The van der Waals surface area contributed by atoms with Crippen LogP contribution in [0.3, 0.4) is 0 Å². The van der Waals surface area contributed by atoms with Crippen LogP contribution in [0, 0.1) is 23.2 Å². The van der Waals surface area contributed by atoms with Gasteiger partial charge in [-0.2, -0.15) is 0 Å². The molecule has 0 spiro atoms. The first-order chi connectivity index (χ1) is 8.28. The Morgan fingerprint density at radius 2 is 1.78 bits per heavy atom. The summed E-state index contributed by atoms with van der Waals surface area (Å²) in [5, 5.41) is -0.116. The predicted octanol–water partition coefficient (Wildman–Crippen LogP) is 5.41. The van der Waals surface area contributed by atoms with E-state index in [2.05, 4.69) is 27.7 Å². The Hall–Kier alpha value is -0.0400. The number of hydrogen-bond donors (Lipinski definition) is 0. The van der Waals surface area contributed by atoms with Gasteiger partial charge in [0, 0.05) is 5.92 Å². The molecule has 1 unspecified atom stereocenters. The van der Waals surface area contributed by atoms with Crippen LogP contribution in [0.25, 0.3) is 0 Å². The lowest BCUT2D eigenvalue weighted by atomic mass is 9.77. The molecule has 1 fully saturated rings. The van der Waals surface area contributed by atoms with Gasteiger partial charge in [-0.25, -0.2) is 0 Å². The summed E-state index contributed by atoms with van der Waals surface area (Å²) in [6.07, 6.45) is 8.41. The zero-order chi connectivity index (χ0) is 13.8. The molecule has 1 aliphatic carbocycles. The van der Waals surface area contributed by atoms with E-state index in [9.17, 15) is 4.79 Å². The summed E-state index contributed by atoms with van der Waals surface area (Å²) < 4.78 is 0. The molecular weight excluding hydrogens is 244 g/mol. The third kappa shape index (κ3) is 6.22. The molecule has 1 saturated carbocycles. The maximum absolute atomic E-state index is 11.1. The van der Waals surface area contributed by atoms with Crippen LogP contribution in [0.1, 0.15) is 72.6 Å². The van der Waals surface area contributed by atoms with E-state index in [1.165, 1.54) is 32.1 Å². The molecule has 0 N–H and O–H groups in total. The van der Waals surface area contributed by atoms with Crippen molar-refractivity contribution in [1.29, 1.82) is 0 Å². The Balaban J connectivity index is 2.20. The molecule has 106 valence electrons. The van der Waals surface area contributed by atoms with Crippen molar-refractivity contribution in [2.75, 3.05) is 0 Å². The van der Waals surface area contributed by atoms with Crippen molar-refractivity contribution in [3.63, 3.8) is 0 Å². The van der Waals surface area contributed by atoms with Crippen molar-refractivity contribution in [3.05, 3.63) is 0 Å². The summed E-state index contributed by atoms with van der Waals surface area (Å²) in [5.41, 5.74) is 0.447. The summed E-state index contributed by atoms with van der Waals surface area (Å²) >= 11 is 5.57. The maximum atomic E-state index is 11.1. The van der Waals surface area contributed by atoms with E-state index in [1.54, 1.807) is 0 Å². The van der Waals surface area contributed by atoms with E-state index in [0.717, 1.165) is 24.7 Å². The summed E-state index contributed by atoms with van der Waals surface area (Å²) in [6.45, 7) is 9.33. The first-order valence-corrected chi connectivity index (χ1v) is 7.85. The first kappa shape index (κ1) is 16.0. The third-order valence-electron chi connectivity index (χ3n) is 4.20. The summed E-state index contributed by atoms with van der Waals surface area (Å²) in [7, 11) is 0. The van der Waals surface area contributed by atoms with E-state index in [4.69, 9.17) is 11.6 Å². The fourth-order valence-corrected chi connectivity index (χ4v) is 3.56. The lowest BCUT2D eigenvalue weighted by Gasteiger charge is -2.28. The van der Waals surface area contributed by atoms with Crippen molar-refractivity contribution in [1.82, 2.24) is 0 Å². The molecule has 1 rings (SSSR count). The largest absolute Gasteiger partial charge is 0.281 e. The molecule has 0 bridgehead atoms. The minimum absolute atomic E-state index is 0.116. The van der Waals surface area contributed by atoms with Gasteiger partial charge in [0.15, 0.2) is 0 Å². The van der Waals surface area contributed by atoms with Crippen molar-refractivity contribution in [2.24, 2.45) is 23.2 Å². The number of rotatable bonds is 5. The van der Waals surface area contributed by atoms with Crippen molar-refractivity contribution < 1.29 is 4.79 Å². The van der Waals surface area contributed by atoms with Gasteiger partial charge in [-0.05, 0) is 61.0 Å². The predicted molar refractivity (Wildman–Crippen MR) is 78.8 cm³/mol. The van der Waals surface area contributed by atoms with Crippen LogP contribution in [0.5, 0.6) is 0 Å². The van der Waals surface area contributed by atoms with Crippen LogP contribution in [0.15, 0.2) is 0 Å². The standard InChI is InChI=1S/C16H29ClO/c1-12(11-16(2,3)4)5-6-13-7-9-14(10-8-13)15(17)18/h12-14H,5-11H2,1-4H3. The van der Waals surface area contributed by atoms with Crippen LogP contribution in [-0.4, -0.2) is 5.24 Å². The highest BCUT2D eigenvalue weighted by molar-refractivity contribution is 6.63. The van der Waals surface area contributed by atoms with Gasteiger partial charge in [-0.15, -0.1) is 0 Å². The second kappa shape index (κ2) is 6.93. The highest BCUT2D eigenvalue weighted by Gasteiger charge is 2.25. The second-order valence-electron chi connectivity index (χ2n) is 7.47. The molecule has 1 nitrogen and oxygen atoms in total. The quantitative estimate of drug-likeness (QED) is 0.612. The zero-order valence-electron chi connectivity index (χ0n) is 12.5. The molecule has 0 aromatic carbocycles. The van der Waals surface area contributed by atoms with E-state index >= 15 is 0 Å². The Kier molecular flexibility index (Phi) is 6.17. The van der Waals surface area contributed by atoms with Crippen LogP contribution in [0.4, 0.5) is 0 Å². The molecule has 0 aromatic heterocycles. The SMILES string of the molecule is CC(CCC1CCC(C(=O)Cl)CC1)CC(C)(C)C. The van der Waals surface area contributed by atoms with Gasteiger partial charge in [0.2, 0.25) is 5.24 Å². The molecule has 0 aromatic rings. The van der Waals surface area contributed by atoms with Gasteiger partial charge in [-0.1, -0.05) is 40.5 Å². The minimum Gasteiger partial charge on any atom is -0.281 e. The number of carbonyl (C=O) groups is 1. The topological polar surface area (TPSA) is 17.1 Å². The molecule has 0 radical (unpaired) electrons. The fraction of sp³-hybridized carbons (Fsp3) is 0.938. The number of carbonyl (C=O) groups excluding carboxylic acids is 1. The Morgan fingerprint density at radius 3 is 2.22 bits per heavy atom. The third-order valence-corrected chi connectivity index (χ3v) is 4.50. The van der Waals surface area contributed by atoms with Crippen LogP contribution < -0.4 is 0 Å². The van der Waals surface area contributed by atoms with Gasteiger partial charge in [-0.3, -0.25) is 4.79 Å². The summed E-state index contributed by atoms with van der Waals surface area (Å²) in [5.74, 6) is 1.80. The molecule has 0 saturated heterocycles. The molecule has 1 atom stereocenters. The van der Waals surface area contributed by atoms with Crippen molar-refractivity contribution in [3.8, 4) is 0 Å². The maximum Gasteiger partial charge on any atom is 0.224 e. The normalized spacial score (nSPS) is 26.9. The zero-order valence-corrected chi connectivity index (χ0v) is 13.2. The first-order valence-electron chi connectivity index (χ1n) is 7.47. The fourth-order valence-electron chi connectivity index (χ4n) is 3.35. The van der Waals surface area contributed by atoms with Gasteiger partial charge in [0.05, 0.1) is 0 Å². The Labute approximate surface area is 118 Å². The van der Waals surface area contributed by atoms with Crippen LogP contribution >= 0.6 is 11.6 Å². The second-order valence-corrected chi connectivity index (χ2v) is 7.84. The molecule has 0 amide bonds. The van der Waals surface area contributed by atoms with Crippen LogP contribution in [0.2, 0.25) is 0 Å². The molecule has 0 heterocycles. The van der Waals surface area contributed by atoms with E-state index in [1.807, 2.05) is 0 Å². The highest BCUT2D eigenvalue weighted by atomic mass is 35.5. The average molecular weight is 273 g/mol. The van der Waals surface area contributed by atoms with E-state index in [0.29, 0.717) is 5.41 Å². The Bertz CT molecular complexity index is 259. The molecule has 18 heavy (non-hydrogen) atoms. The lowest BCUT2D eigenvalue weighted by molar-refractivity contribution is -0.116. The lowest BCUT2D eigenvalue weighted by Crippen LogP contribution is -2.19. The molecule has 1 aliphatic rings. The Morgan fingerprint density at radius 1 is 1.22 bits per heavy atom. The van der Waals surface area contributed by atoms with Gasteiger partial charge in [0.1, 0.15) is 0 Å².